The molecular weight excluding hydrogens is 440 g/mol. The molecule has 0 radical (unpaired) electrons. The van der Waals surface area contributed by atoms with Gasteiger partial charge in [0.2, 0.25) is 0 Å². The zero-order valence-corrected chi connectivity index (χ0v) is 19.4. The molecule has 35 heavy (non-hydrogen) atoms. The van der Waals surface area contributed by atoms with E-state index in [0.717, 1.165) is 71.0 Å². The molecule has 1 unspecified atom stereocenters. The predicted molar refractivity (Wildman–Crippen MR) is 132 cm³/mol. The van der Waals surface area contributed by atoms with Crippen LogP contribution in [-0.4, -0.2) is 44.8 Å². The number of rotatable bonds is 2. The van der Waals surface area contributed by atoms with Gasteiger partial charge < -0.3 is 31.0 Å². The molecule has 3 aliphatic carbocycles. The lowest BCUT2D eigenvalue weighted by Gasteiger charge is -2.62. The maximum atomic E-state index is 12.9. The number of allylic oxidation sites excluding steroid dienone is 1. The van der Waals surface area contributed by atoms with Gasteiger partial charge in [0, 0.05) is 46.2 Å². The average molecular weight is 469 g/mol. The summed E-state index contributed by atoms with van der Waals surface area (Å²) in [5.74, 6) is 2.81. The number of aromatic hydroxyl groups is 1. The normalized spacial score (nSPS) is 33.9. The van der Waals surface area contributed by atoms with Gasteiger partial charge in [-0.1, -0.05) is 18.2 Å². The SMILES string of the molecule is Nc1[nH]c2c3c(cccc13)NC1=C3Oc4c(O)ccc5c4[C@@]34CCN(CC3CC3)[C@H](C5)[C@]4(O)CC12. The molecule has 7 nitrogen and oxygen atoms in total. The number of phenolic OH excluding ortho intramolecular Hbond substituents is 1. The van der Waals surface area contributed by atoms with E-state index in [4.69, 9.17) is 10.5 Å². The number of hydrogen-bond acceptors (Lipinski definition) is 6. The summed E-state index contributed by atoms with van der Waals surface area (Å²) in [7, 11) is 0. The van der Waals surface area contributed by atoms with Crippen molar-refractivity contribution in [2.75, 3.05) is 24.1 Å². The third-order valence-corrected chi connectivity index (χ3v) is 9.97. The maximum absolute atomic E-state index is 12.9. The van der Waals surface area contributed by atoms with Crippen molar-refractivity contribution in [1.29, 1.82) is 0 Å². The van der Waals surface area contributed by atoms with Crippen molar-refractivity contribution >= 4 is 22.3 Å². The largest absolute Gasteiger partial charge is 0.504 e. The lowest BCUT2D eigenvalue weighted by atomic mass is 9.49. The number of ether oxygens (including phenoxy) is 1. The van der Waals surface area contributed by atoms with Crippen molar-refractivity contribution < 1.29 is 14.9 Å². The second-order valence-corrected chi connectivity index (χ2v) is 11.6. The molecule has 2 aromatic carbocycles. The Labute approximate surface area is 202 Å². The first-order chi connectivity index (χ1) is 17.0. The van der Waals surface area contributed by atoms with Crippen LogP contribution in [0.3, 0.4) is 0 Å². The Hall–Kier alpha value is -3.16. The number of fused-ring (bicyclic) bond motifs is 2. The quantitative estimate of drug-likeness (QED) is 0.393. The fourth-order valence-corrected chi connectivity index (χ4v) is 8.34. The number of nitrogen functional groups attached to an aromatic ring is 1. The van der Waals surface area contributed by atoms with Crippen LogP contribution in [0.2, 0.25) is 0 Å². The highest BCUT2D eigenvalue weighted by molar-refractivity contribution is 6.05. The van der Waals surface area contributed by atoms with Gasteiger partial charge in [-0.05, 0) is 62.3 Å². The Balaban J connectivity index is 1.34. The second kappa shape index (κ2) is 5.79. The smallest absolute Gasteiger partial charge is 0.173 e. The van der Waals surface area contributed by atoms with E-state index in [9.17, 15) is 10.2 Å². The van der Waals surface area contributed by atoms with Crippen LogP contribution in [0.4, 0.5) is 11.5 Å². The van der Waals surface area contributed by atoms with Crippen LogP contribution in [0.5, 0.6) is 11.5 Å². The van der Waals surface area contributed by atoms with E-state index in [2.05, 4.69) is 21.3 Å². The number of aromatic amines is 1. The highest BCUT2D eigenvalue weighted by Crippen LogP contribution is 2.69. The number of hydrogen-bond donors (Lipinski definition) is 5. The molecule has 2 bridgehead atoms. The molecule has 7 heteroatoms. The highest BCUT2D eigenvalue weighted by Gasteiger charge is 2.72. The van der Waals surface area contributed by atoms with Gasteiger partial charge in [0.15, 0.2) is 11.5 Å². The molecule has 6 N–H and O–H groups in total. The van der Waals surface area contributed by atoms with E-state index in [0.29, 0.717) is 18.0 Å². The van der Waals surface area contributed by atoms with Gasteiger partial charge in [0.1, 0.15) is 11.6 Å². The minimum Gasteiger partial charge on any atom is -0.504 e. The van der Waals surface area contributed by atoms with Crippen LogP contribution in [0.1, 0.15) is 48.4 Å². The van der Waals surface area contributed by atoms with Crippen molar-refractivity contribution in [3.8, 4) is 11.5 Å². The van der Waals surface area contributed by atoms with E-state index >= 15 is 0 Å². The van der Waals surface area contributed by atoms with Crippen LogP contribution < -0.4 is 15.8 Å². The number of benzene rings is 2. The maximum Gasteiger partial charge on any atom is 0.173 e. The molecule has 1 saturated heterocycles. The van der Waals surface area contributed by atoms with Gasteiger partial charge in [-0.2, -0.15) is 0 Å². The molecule has 3 aromatic rings. The highest BCUT2D eigenvalue weighted by atomic mass is 16.5. The van der Waals surface area contributed by atoms with Crippen molar-refractivity contribution in [1.82, 2.24) is 9.88 Å². The van der Waals surface area contributed by atoms with Crippen molar-refractivity contribution in [3.63, 3.8) is 0 Å². The van der Waals surface area contributed by atoms with Gasteiger partial charge in [-0.15, -0.1) is 0 Å². The Morgan fingerprint density at radius 2 is 2.09 bits per heavy atom. The summed E-state index contributed by atoms with van der Waals surface area (Å²) in [6.07, 6.45) is 4.74. The third kappa shape index (κ3) is 2.01. The molecule has 9 rings (SSSR count). The number of H-pyrrole nitrogens is 1. The van der Waals surface area contributed by atoms with Crippen LogP contribution in [0.15, 0.2) is 41.8 Å². The minimum absolute atomic E-state index is 0.0139. The summed E-state index contributed by atoms with van der Waals surface area (Å²) in [6, 6.07) is 9.96. The first-order valence-corrected chi connectivity index (χ1v) is 12.9. The van der Waals surface area contributed by atoms with Gasteiger partial charge in [0.05, 0.1) is 16.7 Å². The van der Waals surface area contributed by atoms with Gasteiger partial charge in [0.25, 0.3) is 0 Å². The molecule has 2 fully saturated rings. The molecule has 4 atom stereocenters. The molecule has 1 spiro atoms. The summed E-state index contributed by atoms with van der Waals surface area (Å²) in [6.45, 7) is 1.99. The number of piperidine rings is 1. The first kappa shape index (κ1) is 19.1. The van der Waals surface area contributed by atoms with Crippen molar-refractivity contribution in [2.24, 2.45) is 5.92 Å². The Morgan fingerprint density at radius 1 is 1.20 bits per heavy atom. The lowest BCUT2D eigenvalue weighted by molar-refractivity contribution is -0.149. The number of likely N-dealkylation sites (tertiary alicyclic amines) is 1. The summed E-state index contributed by atoms with van der Waals surface area (Å²) in [4.78, 5) is 6.03. The number of phenols is 1. The molecule has 4 heterocycles. The summed E-state index contributed by atoms with van der Waals surface area (Å²) < 4.78 is 6.63. The number of aromatic nitrogens is 1. The van der Waals surface area contributed by atoms with Gasteiger partial charge in [-0.3, -0.25) is 4.90 Å². The minimum atomic E-state index is -1.00. The van der Waals surface area contributed by atoms with E-state index in [-0.39, 0.29) is 17.7 Å². The molecule has 1 aromatic heterocycles. The fraction of sp³-hybridized carbons (Fsp3) is 0.429. The predicted octanol–water partition coefficient (Wildman–Crippen LogP) is 3.68. The first-order valence-electron chi connectivity index (χ1n) is 12.9. The van der Waals surface area contributed by atoms with Crippen molar-refractivity contribution in [3.05, 3.63) is 58.6 Å². The Kier molecular flexibility index (Phi) is 3.16. The fourth-order valence-electron chi connectivity index (χ4n) is 8.34. The lowest BCUT2D eigenvalue weighted by Crippen LogP contribution is -2.73. The van der Waals surface area contributed by atoms with Crippen LogP contribution in [0, 0.1) is 5.92 Å². The van der Waals surface area contributed by atoms with Gasteiger partial charge in [-0.25, -0.2) is 0 Å². The molecule has 178 valence electrons. The van der Waals surface area contributed by atoms with E-state index in [1.165, 1.54) is 18.4 Å². The number of nitrogens with one attached hydrogen (secondary N) is 2. The monoisotopic (exact) mass is 468 g/mol. The van der Waals surface area contributed by atoms with Crippen LogP contribution in [0.25, 0.3) is 10.8 Å². The average Bonchev–Trinajstić information content (AvgIpc) is 3.49. The molecule has 1 saturated carbocycles. The van der Waals surface area contributed by atoms with E-state index in [1.54, 1.807) is 6.07 Å². The molecule has 3 aliphatic heterocycles. The van der Waals surface area contributed by atoms with E-state index < -0.39 is 11.0 Å². The summed E-state index contributed by atoms with van der Waals surface area (Å²) >= 11 is 0. The molecule has 6 aliphatic rings. The third-order valence-electron chi connectivity index (χ3n) is 9.97. The zero-order chi connectivity index (χ0) is 23.3. The topological polar surface area (TPSA) is 107 Å². The van der Waals surface area contributed by atoms with E-state index in [1.807, 2.05) is 18.2 Å². The molecular formula is C28H28N4O3. The number of nitrogens with zero attached hydrogens (tertiary/aromatic N) is 1. The summed E-state index contributed by atoms with van der Waals surface area (Å²) in [5.41, 5.74) is 10.0. The number of aliphatic hydroxyl groups is 1. The second-order valence-electron chi connectivity index (χ2n) is 11.6. The Bertz CT molecular complexity index is 1520. The number of nitrogens with two attached hydrogens (primary N) is 1. The zero-order valence-electron chi connectivity index (χ0n) is 19.4. The Morgan fingerprint density at radius 3 is 2.94 bits per heavy atom. The summed E-state index contributed by atoms with van der Waals surface area (Å²) in [5, 5.41) is 29.6. The molecule has 0 amide bonds. The standard InChI is InChI=1S/C28H28N4O3/c29-26-15-2-1-3-17-20(15)22(31-26)16-11-28(34)19-10-14-6-7-18(33)24-21(14)27(28,25(35-24)23(16)30-17)8-9-32(19)12-13-4-5-13/h1-3,6-7,13,16,19,30-31,33-34H,4-5,8-12,29H2/t16?,19-,27+,28-/m1/s1. The van der Waals surface area contributed by atoms with Crippen LogP contribution >= 0.6 is 0 Å². The van der Waals surface area contributed by atoms with Crippen LogP contribution in [-0.2, 0) is 11.8 Å². The van der Waals surface area contributed by atoms with Gasteiger partial charge >= 0.3 is 0 Å². The van der Waals surface area contributed by atoms with Crippen molar-refractivity contribution in [2.45, 2.75) is 55.1 Å². The number of anilines is 2.